The highest BCUT2D eigenvalue weighted by Gasteiger charge is 2.26. The van der Waals surface area contributed by atoms with Crippen LogP contribution in [0.1, 0.15) is 17.3 Å². The summed E-state index contributed by atoms with van der Waals surface area (Å²) in [6.07, 6.45) is 2.73. The molecule has 27 heavy (non-hydrogen) atoms. The van der Waals surface area contributed by atoms with E-state index in [1.54, 1.807) is 24.0 Å². The van der Waals surface area contributed by atoms with Gasteiger partial charge in [-0.3, -0.25) is 19.7 Å². The number of anilines is 1. The second-order valence-corrected chi connectivity index (χ2v) is 6.29. The molecule has 0 saturated carbocycles. The second kappa shape index (κ2) is 7.90. The third-order valence-electron chi connectivity index (χ3n) is 4.52. The van der Waals surface area contributed by atoms with Gasteiger partial charge >= 0.3 is 0 Å². The van der Waals surface area contributed by atoms with Gasteiger partial charge in [0.1, 0.15) is 12.3 Å². The van der Waals surface area contributed by atoms with Gasteiger partial charge in [-0.05, 0) is 25.1 Å². The van der Waals surface area contributed by atoms with E-state index in [-0.39, 0.29) is 17.5 Å². The molecule has 1 aliphatic heterocycles. The van der Waals surface area contributed by atoms with Crippen LogP contribution < -0.4 is 10.2 Å². The van der Waals surface area contributed by atoms with Crippen LogP contribution in [0.4, 0.5) is 11.4 Å². The quantitative estimate of drug-likeness (QED) is 0.631. The van der Waals surface area contributed by atoms with Crippen molar-refractivity contribution in [1.29, 1.82) is 0 Å². The van der Waals surface area contributed by atoms with Crippen LogP contribution in [0.15, 0.2) is 47.3 Å². The Balaban J connectivity index is 1.52. The van der Waals surface area contributed by atoms with E-state index in [1.165, 1.54) is 30.7 Å². The maximum Gasteiger partial charge on any atom is 0.269 e. The molecule has 0 spiro atoms. The lowest BCUT2D eigenvalue weighted by Gasteiger charge is -2.37. The minimum atomic E-state index is -0.640. The molecule has 1 aromatic carbocycles. The van der Waals surface area contributed by atoms with Gasteiger partial charge < -0.3 is 19.5 Å². The van der Waals surface area contributed by atoms with Gasteiger partial charge in [-0.1, -0.05) is 0 Å². The Kier molecular flexibility index (Phi) is 5.39. The van der Waals surface area contributed by atoms with Crippen molar-refractivity contribution in [3.8, 4) is 0 Å². The monoisotopic (exact) mass is 372 g/mol. The fraction of sp³-hybridized carbons (Fsp3) is 0.333. The van der Waals surface area contributed by atoms with Crippen LogP contribution >= 0.6 is 0 Å². The summed E-state index contributed by atoms with van der Waals surface area (Å²) >= 11 is 0. The first-order valence-corrected chi connectivity index (χ1v) is 8.57. The molecule has 1 aliphatic rings. The zero-order valence-corrected chi connectivity index (χ0v) is 14.8. The van der Waals surface area contributed by atoms with Gasteiger partial charge in [-0.25, -0.2) is 0 Å². The molecule has 9 nitrogen and oxygen atoms in total. The van der Waals surface area contributed by atoms with Gasteiger partial charge in [0, 0.05) is 44.0 Å². The number of nitro benzene ring substituents is 1. The molecule has 142 valence electrons. The minimum absolute atomic E-state index is 0.0507. The molecule has 1 N–H and O–H groups in total. The normalized spacial score (nSPS) is 15.3. The molecule has 2 amide bonds. The molecule has 2 heterocycles. The molecular weight excluding hydrogens is 352 g/mol. The summed E-state index contributed by atoms with van der Waals surface area (Å²) in [5, 5.41) is 13.4. The predicted molar refractivity (Wildman–Crippen MR) is 97.5 cm³/mol. The van der Waals surface area contributed by atoms with Gasteiger partial charge in [0.05, 0.1) is 16.7 Å². The Morgan fingerprint density at radius 3 is 2.37 bits per heavy atom. The van der Waals surface area contributed by atoms with Gasteiger partial charge in [0.2, 0.25) is 5.91 Å². The maximum absolute atomic E-state index is 12.6. The standard InChI is InChI=1S/C18H20N4O5/c1-13(19-17(23)14-6-11-27-12-14)18(24)21-9-7-20(8-10-21)15-2-4-16(5-3-15)22(25)26/h2-6,11-13H,7-10H2,1H3,(H,19,23). The van der Waals surface area contributed by atoms with Crippen molar-refractivity contribution >= 4 is 23.2 Å². The Labute approximate surface area is 155 Å². The lowest BCUT2D eigenvalue weighted by Crippen LogP contribution is -2.54. The fourth-order valence-electron chi connectivity index (χ4n) is 2.98. The molecule has 0 aliphatic carbocycles. The Morgan fingerprint density at radius 1 is 1.15 bits per heavy atom. The van der Waals surface area contributed by atoms with E-state index in [0.29, 0.717) is 31.7 Å². The topological polar surface area (TPSA) is 109 Å². The smallest absolute Gasteiger partial charge is 0.269 e. The van der Waals surface area contributed by atoms with Crippen LogP contribution in [-0.2, 0) is 4.79 Å². The molecule has 1 unspecified atom stereocenters. The summed E-state index contributed by atoms with van der Waals surface area (Å²) in [6.45, 7) is 3.92. The summed E-state index contributed by atoms with van der Waals surface area (Å²) in [5.74, 6) is -0.496. The van der Waals surface area contributed by atoms with E-state index >= 15 is 0 Å². The average molecular weight is 372 g/mol. The third kappa shape index (κ3) is 4.25. The van der Waals surface area contributed by atoms with Gasteiger partial charge in [0.25, 0.3) is 11.6 Å². The van der Waals surface area contributed by atoms with E-state index < -0.39 is 11.0 Å². The molecule has 0 bridgehead atoms. The van der Waals surface area contributed by atoms with Crippen molar-refractivity contribution in [3.05, 3.63) is 58.5 Å². The first kappa shape index (κ1) is 18.4. The Hall–Kier alpha value is -3.36. The lowest BCUT2D eigenvalue weighted by atomic mass is 10.2. The van der Waals surface area contributed by atoms with Crippen molar-refractivity contribution in [2.75, 3.05) is 31.1 Å². The molecule has 2 aromatic rings. The highest BCUT2D eigenvalue weighted by atomic mass is 16.6. The van der Waals surface area contributed by atoms with Crippen molar-refractivity contribution in [1.82, 2.24) is 10.2 Å². The van der Waals surface area contributed by atoms with E-state index in [9.17, 15) is 19.7 Å². The molecular formula is C18H20N4O5. The lowest BCUT2D eigenvalue weighted by molar-refractivity contribution is -0.384. The summed E-state index contributed by atoms with van der Waals surface area (Å²) in [5.41, 5.74) is 1.31. The minimum Gasteiger partial charge on any atom is -0.472 e. The first-order chi connectivity index (χ1) is 13.0. The number of furan rings is 1. The number of benzene rings is 1. The average Bonchev–Trinajstić information content (AvgIpc) is 3.22. The van der Waals surface area contributed by atoms with Crippen LogP contribution in [-0.4, -0.2) is 53.9 Å². The summed E-state index contributed by atoms with van der Waals surface area (Å²) in [4.78, 5) is 38.7. The highest BCUT2D eigenvalue weighted by molar-refractivity contribution is 5.97. The molecule has 1 atom stereocenters. The molecule has 1 fully saturated rings. The number of hydrogen-bond donors (Lipinski definition) is 1. The molecule has 1 aromatic heterocycles. The van der Waals surface area contributed by atoms with Gasteiger partial charge in [0.15, 0.2) is 0 Å². The number of nitrogens with zero attached hydrogens (tertiary/aromatic N) is 3. The molecule has 0 radical (unpaired) electrons. The number of rotatable bonds is 5. The van der Waals surface area contributed by atoms with Gasteiger partial charge in [-0.2, -0.15) is 0 Å². The number of non-ortho nitro benzene ring substituents is 1. The van der Waals surface area contributed by atoms with Crippen LogP contribution in [0, 0.1) is 10.1 Å². The molecule has 9 heteroatoms. The van der Waals surface area contributed by atoms with Crippen LogP contribution in [0.5, 0.6) is 0 Å². The summed E-state index contributed by atoms with van der Waals surface area (Å²) in [6, 6.07) is 7.27. The first-order valence-electron chi connectivity index (χ1n) is 8.57. The third-order valence-corrected chi connectivity index (χ3v) is 4.52. The van der Waals surface area contributed by atoms with Crippen LogP contribution in [0.2, 0.25) is 0 Å². The number of carbonyl (C=O) groups excluding carboxylic acids is 2. The number of nitro groups is 1. The van der Waals surface area contributed by atoms with Gasteiger partial charge in [-0.15, -0.1) is 0 Å². The van der Waals surface area contributed by atoms with Crippen molar-refractivity contribution in [3.63, 3.8) is 0 Å². The Bertz CT molecular complexity index is 811. The zero-order chi connectivity index (χ0) is 19.4. The number of hydrogen-bond acceptors (Lipinski definition) is 6. The maximum atomic E-state index is 12.6. The number of nitrogens with one attached hydrogen (secondary N) is 1. The second-order valence-electron chi connectivity index (χ2n) is 6.29. The molecule has 3 rings (SSSR count). The zero-order valence-electron chi connectivity index (χ0n) is 14.8. The predicted octanol–water partition coefficient (Wildman–Crippen LogP) is 1.65. The Morgan fingerprint density at radius 2 is 1.81 bits per heavy atom. The number of piperazine rings is 1. The number of amides is 2. The van der Waals surface area contributed by atoms with E-state index in [2.05, 4.69) is 10.2 Å². The van der Waals surface area contributed by atoms with Crippen LogP contribution in [0.25, 0.3) is 0 Å². The largest absolute Gasteiger partial charge is 0.472 e. The SMILES string of the molecule is CC(NC(=O)c1ccoc1)C(=O)N1CCN(c2ccc([N+](=O)[O-])cc2)CC1. The van der Waals surface area contributed by atoms with E-state index in [4.69, 9.17) is 4.42 Å². The van der Waals surface area contributed by atoms with Crippen molar-refractivity contribution in [2.45, 2.75) is 13.0 Å². The van der Waals surface area contributed by atoms with E-state index in [0.717, 1.165) is 5.69 Å². The van der Waals surface area contributed by atoms with Crippen molar-refractivity contribution in [2.24, 2.45) is 0 Å². The highest BCUT2D eigenvalue weighted by Crippen LogP contribution is 2.20. The number of carbonyl (C=O) groups is 2. The van der Waals surface area contributed by atoms with Crippen molar-refractivity contribution < 1.29 is 18.9 Å². The van der Waals surface area contributed by atoms with Crippen LogP contribution in [0.3, 0.4) is 0 Å². The molecule has 1 saturated heterocycles. The summed E-state index contributed by atoms with van der Waals surface area (Å²) in [7, 11) is 0. The fourth-order valence-corrected chi connectivity index (χ4v) is 2.98. The summed E-state index contributed by atoms with van der Waals surface area (Å²) < 4.78 is 4.87. The van der Waals surface area contributed by atoms with E-state index in [1.807, 2.05) is 0 Å².